The lowest BCUT2D eigenvalue weighted by atomic mass is 10.4. The Kier molecular flexibility index (Phi) is 4.58. The number of ether oxygens (including phenoxy) is 1. The maximum absolute atomic E-state index is 5.52. The highest BCUT2D eigenvalue weighted by Crippen LogP contribution is 2.19. The molecule has 2 rings (SSSR count). The van der Waals surface area contributed by atoms with Crippen molar-refractivity contribution in [1.29, 1.82) is 0 Å². The maximum Gasteiger partial charge on any atom is 0.157 e. The van der Waals surface area contributed by atoms with Gasteiger partial charge in [-0.1, -0.05) is 0 Å². The van der Waals surface area contributed by atoms with Crippen molar-refractivity contribution in [3.05, 3.63) is 33.2 Å². The number of thiophene rings is 1. The predicted molar refractivity (Wildman–Crippen MR) is 72.4 cm³/mol. The third-order valence-electron chi connectivity index (χ3n) is 2.15. The van der Waals surface area contributed by atoms with Crippen LogP contribution in [-0.2, 0) is 13.6 Å². The molecule has 0 aliphatic carbocycles. The van der Waals surface area contributed by atoms with Crippen molar-refractivity contribution in [3.8, 4) is 5.75 Å². The quantitative estimate of drug-likeness (QED) is 0.832. The molecule has 0 saturated heterocycles. The monoisotopic (exact) mass is 315 g/mol. The van der Waals surface area contributed by atoms with E-state index in [0.29, 0.717) is 6.61 Å². The van der Waals surface area contributed by atoms with E-state index in [9.17, 15) is 0 Å². The molecule has 6 heteroatoms. The number of halogens is 1. The molecule has 0 radical (unpaired) electrons. The number of rotatable bonds is 6. The van der Waals surface area contributed by atoms with Gasteiger partial charge in [0, 0.05) is 34.9 Å². The van der Waals surface area contributed by atoms with Crippen LogP contribution in [-0.4, -0.2) is 22.9 Å². The Bertz CT molecular complexity index is 426. The smallest absolute Gasteiger partial charge is 0.157 e. The van der Waals surface area contributed by atoms with E-state index in [1.54, 1.807) is 22.2 Å². The van der Waals surface area contributed by atoms with Crippen molar-refractivity contribution < 1.29 is 4.74 Å². The standard InChI is InChI=1S/C11H14BrN3OS/c1-15-7-10(5-14-15)16-3-2-13-6-11-4-9(12)8-17-11/h4-5,7-8,13H,2-3,6H2,1H3. The van der Waals surface area contributed by atoms with Gasteiger partial charge < -0.3 is 10.1 Å². The number of hydrogen-bond acceptors (Lipinski definition) is 4. The summed E-state index contributed by atoms with van der Waals surface area (Å²) in [5.74, 6) is 0.813. The highest BCUT2D eigenvalue weighted by Gasteiger charge is 1.98. The Morgan fingerprint density at radius 1 is 1.59 bits per heavy atom. The van der Waals surface area contributed by atoms with Crippen LogP contribution in [0.5, 0.6) is 5.75 Å². The lowest BCUT2D eigenvalue weighted by molar-refractivity contribution is 0.313. The van der Waals surface area contributed by atoms with Gasteiger partial charge >= 0.3 is 0 Å². The van der Waals surface area contributed by atoms with Crippen molar-refractivity contribution in [2.75, 3.05) is 13.2 Å². The first-order valence-electron chi connectivity index (χ1n) is 5.29. The van der Waals surface area contributed by atoms with Crippen molar-refractivity contribution >= 4 is 27.3 Å². The number of hydrogen-bond donors (Lipinski definition) is 1. The van der Waals surface area contributed by atoms with Gasteiger partial charge in [0.15, 0.2) is 5.75 Å². The van der Waals surface area contributed by atoms with Crippen LogP contribution in [0.3, 0.4) is 0 Å². The van der Waals surface area contributed by atoms with Crippen LogP contribution in [0.15, 0.2) is 28.3 Å². The molecule has 17 heavy (non-hydrogen) atoms. The van der Waals surface area contributed by atoms with Gasteiger partial charge in [-0.2, -0.15) is 5.10 Å². The van der Waals surface area contributed by atoms with E-state index < -0.39 is 0 Å². The molecule has 92 valence electrons. The zero-order valence-corrected chi connectivity index (χ0v) is 11.9. The van der Waals surface area contributed by atoms with Crippen LogP contribution in [0.4, 0.5) is 0 Å². The summed E-state index contributed by atoms with van der Waals surface area (Å²) in [5.41, 5.74) is 0. The fourth-order valence-corrected chi connectivity index (χ4v) is 2.79. The van der Waals surface area contributed by atoms with Crippen molar-refractivity contribution in [3.63, 3.8) is 0 Å². The minimum atomic E-state index is 0.651. The van der Waals surface area contributed by atoms with Gasteiger partial charge in [0.25, 0.3) is 0 Å². The van der Waals surface area contributed by atoms with Gasteiger partial charge in [-0.25, -0.2) is 0 Å². The molecule has 0 saturated carbocycles. The van der Waals surface area contributed by atoms with Crippen LogP contribution in [0.2, 0.25) is 0 Å². The summed E-state index contributed by atoms with van der Waals surface area (Å²) in [6.07, 6.45) is 3.58. The summed E-state index contributed by atoms with van der Waals surface area (Å²) in [5, 5.41) is 9.45. The van der Waals surface area contributed by atoms with Crippen LogP contribution < -0.4 is 10.1 Å². The summed E-state index contributed by atoms with van der Waals surface area (Å²) in [4.78, 5) is 1.32. The SMILES string of the molecule is Cn1cc(OCCNCc2cc(Br)cs2)cn1. The Morgan fingerprint density at radius 2 is 2.47 bits per heavy atom. The molecular weight excluding hydrogens is 302 g/mol. The average molecular weight is 316 g/mol. The minimum Gasteiger partial charge on any atom is -0.489 e. The Morgan fingerprint density at radius 3 is 3.12 bits per heavy atom. The fourth-order valence-electron chi connectivity index (χ4n) is 1.37. The van der Waals surface area contributed by atoms with Gasteiger partial charge in [-0.15, -0.1) is 11.3 Å². The van der Waals surface area contributed by atoms with E-state index in [4.69, 9.17) is 4.74 Å². The van der Waals surface area contributed by atoms with E-state index in [0.717, 1.165) is 23.3 Å². The van der Waals surface area contributed by atoms with Crippen molar-refractivity contribution in [2.45, 2.75) is 6.54 Å². The molecule has 2 aromatic rings. The molecule has 4 nitrogen and oxygen atoms in total. The highest BCUT2D eigenvalue weighted by molar-refractivity contribution is 9.10. The number of aromatic nitrogens is 2. The summed E-state index contributed by atoms with van der Waals surface area (Å²) in [7, 11) is 1.87. The van der Waals surface area contributed by atoms with Gasteiger partial charge in [-0.05, 0) is 22.0 Å². The first-order chi connectivity index (χ1) is 8.24. The molecule has 0 aromatic carbocycles. The summed E-state index contributed by atoms with van der Waals surface area (Å²) in [6, 6.07) is 2.12. The van der Waals surface area contributed by atoms with Crippen LogP contribution in [0, 0.1) is 0 Å². The third-order valence-corrected chi connectivity index (χ3v) is 3.85. The normalized spacial score (nSPS) is 10.7. The second-order valence-corrected chi connectivity index (χ2v) is 5.52. The van der Waals surface area contributed by atoms with Crippen LogP contribution >= 0.6 is 27.3 Å². The molecule has 0 fully saturated rings. The summed E-state index contributed by atoms with van der Waals surface area (Å²) >= 11 is 5.18. The molecule has 1 N–H and O–H groups in total. The predicted octanol–water partition coefficient (Wildman–Crippen LogP) is 2.41. The maximum atomic E-state index is 5.52. The molecule has 0 amide bonds. The highest BCUT2D eigenvalue weighted by atomic mass is 79.9. The largest absolute Gasteiger partial charge is 0.489 e. The first kappa shape index (κ1) is 12.6. The number of nitrogens with one attached hydrogen (secondary N) is 1. The number of nitrogens with zero attached hydrogens (tertiary/aromatic N) is 2. The van der Waals surface area contributed by atoms with Gasteiger partial charge in [0.2, 0.25) is 0 Å². The zero-order chi connectivity index (χ0) is 12.1. The Balaban J connectivity index is 1.60. The van der Waals surface area contributed by atoms with E-state index >= 15 is 0 Å². The summed E-state index contributed by atoms with van der Waals surface area (Å²) in [6.45, 7) is 2.36. The van der Waals surface area contributed by atoms with Gasteiger partial charge in [-0.3, -0.25) is 4.68 Å². The topological polar surface area (TPSA) is 39.1 Å². The molecule has 0 unspecified atom stereocenters. The lowest BCUT2D eigenvalue weighted by Gasteiger charge is -2.04. The van der Waals surface area contributed by atoms with E-state index in [2.05, 4.69) is 37.8 Å². The molecule has 0 bridgehead atoms. The molecule has 2 aromatic heterocycles. The van der Waals surface area contributed by atoms with Crippen molar-refractivity contribution in [1.82, 2.24) is 15.1 Å². The van der Waals surface area contributed by atoms with Crippen molar-refractivity contribution in [2.24, 2.45) is 7.05 Å². The Hall–Kier alpha value is -0.850. The molecule has 0 aliphatic heterocycles. The molecular formula is C11H14BrN3OS. The third kappa shape index (κ3) is 4.14. The molecule has 0 atom stereocenters. The summed E-state index contributed by atoms with van der Waals surface area (Å²) < 4.78 is 8.39. The number of aryl methyl sites for hydroxylation is 1. The second kappa shape index (κ2) is 6.18. The molecule has 0 spiro atoms. The Labute approximate surface area is 113 Å². The lowest BCUT2D eigenvalue weighted by Crippen LogP contribution is -2.19. The van der Waals surface area contributed by atoms with Gasteiger partial charge in [0.05, 0.1) is 12.4 Å². The van der Waals surface area contributed by atoms with Crippen LogP contribution in [0.1, 0.15) is 4.88 Å². The first-order valence-corrected chi connectivity index (χ1v) is 6.96. The minimum absolute atomic E-state index is 0.651. The average Bonchev–Trinajstić information content (AvgIpc) is 2.88. The van der Waals surface area contributed by atoms with E-state index in [-0.39, 0.29) is 0 Å². The van der Waals surface area contributed by atoms with E-state index in [1.165, 1.54) is 4.88 Å². The molecule has 2 heterocycles. The fraction of sp³-hybridized carbons (Fsp3) is 0.364. The zero-order valence-electron chi connectivity index (χ0n) is 9.52. The second-order valence-electron chi connectivity index (χ2n) is 3.61. The van der Waals surface area contributed by atoms with Crippen LogP contribution in [0.25, 0.3) is 0 Å². The van der Waals surface area contributed by atoms with Gasteiger partial charge in [0.1, 0.15) is 6.61 Å². The van der Waals surface area contributed by atoms with E-state index in [1.807, 2.05) is 13.2 Å². The molecule has 0 aliphatic rings.